The molecule has 0 aliphatic rings. The van der Waals surface area contributed by atoms with Gasteiger partial charge in [-0.25, -0.2) is 0 Å². The second kappa shape index (κ2) is 34.5. The number of hydrogen-bond donors (Lipinski definition) is 2. The number of rotatable bonds is 30. The fourth-order valence-electron chi connectivity index (χ4n) is 4.49. The number of esters is 1. The zero-order chi connectivity index (χ0) is 33.8. The average Bonchev–Trinajstić information content (AvgIpc) is 3.04. The van der Waals surface area contributed by atoms with Crippen molar-refractivity contribution in [3.05, 3.63) is 85.1 Å². The van der Waals surface area contributed by atoms with E-state index in [1.165, 1.54) is 0 Å². The third-order valence-electron chi connectivity index (χ3n) is 7.05. The lowest BCUT2D eigenvalue weighted by Gasteiger charge is -2.14. The van der Waals surface area contributed by atoms with Gasteiger partial charge in [0.2, 0.25) is 5.91 Å². The zero-order valence-electron chi connectivity index (χ0n) is 28.9. The molecule has 2 N–H and O–H groups in total. The topological polar surface area (TPSA) is 92.7 Å². The Bertz CT molecular complexity index is 970. The molecule has 0 saturated carbocycles. The molecule has 0 aliphatic carbocycles. The minimum atomic E-state index is -1.03. The van der Waals surface area contributed by atoms with Gasteiger partial charge in [-0.1, -0.05) is 119 Å². The lowest BCUT2D eigenvalue weighted by Crippen LogP contribution is -2.28. The summed E-state index contributed by atoms with van der Waals surface area (Å²) in [6.45, 7) is 3.95. The summed E-state index contributed by atoms with van der Waals surface area (Å²) in [6.07, 6.45) is 47.2. The smallest absolute Gasteiger partial charge is 0.322 e. The number of carboxylic acids is 1. The van der Waals surface area contributed by atoms with E-state index in [1.807, 2.05) is 6.08 Å². The highest BCUT2D eigenvalue weighted by Gasteiger charge is 2.11. The first kappa shape index (κ1) is 42.6. The summed E-state index contributed by atoms with van der Waals surface area (Å²) in [4.78, 5) is 34.7. The van der Waals surface area contributed by atoms with Crippen LogP contribution in [0.4, 0.5) is 0 Å². The first-order valence-corrected chi connectivity index (χ1v) is 17.7. The van der Waals surface area contributed by atoms with Crippen molar-refractivity contribution < 1.29 is 24.2 Å². The molecule has 6 nitrogen and oxygen atoms in total. The molecule has 0 spiro atoms. The summed E-state index contributed by atoms with van der Waals surface area (Å²) in [5, 5.41) is 11.0. The van der Waals surface area contributed by atoms with Crippen LogP contribution in [-0.2, 0) is 19.1 Å². The molecule has 1 atom stereocenters. The third-order valence-corrected chi connectivity index (χ3v) is 7.05. The number of carboxylic acid groups (broad SMARTS) is 1. The van der Waals surface area contributed by atoms with E-state index >= 15 is 0 Å². The molecule has 0 aromatic carbocycles. The summed E-state index contributed by atoms with van der Waals surface area (Å²) in [7, 11) is 0. The molecule has 0 aromatic heterocycles. The second-order valence-corrected chi connectivity index (χ2v) is 11.4. The van der Waals surface area contributed by atoms with Gasteiger partial charge in [-0.2, -0.15) is 0 Å². The number of amides is 1. The Hall–Kier alpha value is -3.41. The van der Waals surface area contributed by atoms with E-state index in [1.54, 1.807) is 0 Å². The van der Waals surface area contributed by atoms with Crippen LogP contribution in [0.2, 0.25) is 0 Å². The number of aliphatic carboxylic acids is 1. The van der Waals surface area contributed by atoms with Gasteiger partial charge >= 0.3 is 11.9 Å². The summed E-state index contributed by atoms with van der Waals surface area (Å²) in [6, 6.07) is 0. The van der Waals surface area contributed by atoms with Gasteiger partial charge in [0.1, 0.15) is 12.6 Å². The van der Waals surface area contributed by atoms with Crippen molar-refractivity contribution in [2.75, 3.05) is 6.54 Å². The van der Waals surface area contributed by atoms with Gasteiger partial charge in [-0.3, -0.25) is 14.4 Å². The molecule has 46 heavy (non-hydrogen) atoms. The third kappa shape index (κ3) is 33.5. The van der Waals surface area contributed by atoms with E-state index in [2.05, 4.69) is 98.2 Å². The quantitative estimate of drug-likeness (QED) is 0.0464. The van der Waals surface area contributed by atoms with Crippen molar-refractivity contribution in [1.82, 2.24) is 5.32 Å². The van der Waals surface area contributed by atoms with Crippen LogP contribution in [0.1, 0.15) is 136 Å². The molecule has 258 valence electrons. The normalized spacial score (nSPS) is 13.1. The van der Waals surface area contributed by atoms with Crippen LogP contribution in [0, 0.1) is 0 Å². The van der Waals surface area contributed by atoms with Crippen molar-refractivity contribution in [3.63, 3.8) is 0 Å². The number of nitrogens with one attached hydrogen (secondary N) is 1. The number of carbonyl (C=O) groups excluding carboxylic acids is 2. The molecular formula is C40H63NO5. The van der Waals surface area contributed by atoms with Crippen LogP contribution in [0.3, 0.4) is 0 Å². The number of unbranched alkanes of at least 4 members (excludes halogenated alkanes) is 7. The molecule has 0 radical (unpaired) electrons. The standard InChI is InChI=1S/C40H63NO5/c1-3-5-7-9-11-13-14-15-16-17-18-19-21-27-31-35-40(45)46-37(32-28-24-20-12-10-8-6-4-2)33-29-25-22-23-26-30-34-38(42)41-36-39(43)44/h5-8,11-13,15-16,18-20,28,32,37H,3-4,9-10,14,17,21-27,29-31,33-36H2,1-2H3,(H,41,42)(H,43,44)/b7-5-,8-6-,13-11-,16-15-,19-18-,20-12-,32-28-. The van der Waals surface area contributed by atoms with Crippen LogP contribution in [0.15, 0.2) is 85.1 Å². The highest BCUT2D eigenvalue weighted by molar-refractivity contribution is 5.80. The highest BCUT2D eigenvalue weighted by Crippen LogP contribution is 2.14. The lowest BCUT2D eigenvalue weighted by atomic mass is 10.1. The molecule has 1 unspecified atom stereocenters. The number of ether oxygens (including phenoxy) is 1. The summed E-state index contributed by atoms with van der Waals surface area (Å²) >= 11 is 0. The fourth-order valence-corrected chi connectivity index (χ4v) is 4.49. The van der Waals surface area contributed by atoms with Crippen LogP contribution >= 0.6 is 0 Å². The van der Waals surface area contributed by atoms with E-state index in [0.717, 1.165) is 109 Å². The Morgan fingerprint density at radius 3 is 1.63 bits per heavy atom. The van der Waals surface area contributed by atoms with E-state index in [0.29, 0.717) is 12.8 Å². The largest absolute Gasteiger partial charge is 0.480 e. The van der Waals surface area contributed by atoms with Crippen molar-refractivity contribution in [2.24, 2.45) is 0 Å². The summed E-state index contributed by atoms with van der Waals surface area (Å²) < 4.78 is 5.86. The van der Waals surface area contributed by atoms with Gasteiger partial charge in [0.05, 0.1) is 0 Å². The van der Waals surface area contributed by atoms with Crippen LogP contribution in [0.5, 0.6) is 0 Å². The Morgan fingerprint density at radius 2 is 1.07 bits per heavy atom. The van der Waals surface area contributed by atoms with Crippen molar-refractivity contribution in [1.29, 1.82) is 0 Å². The molecule has 0 fully saturated rings. The predicted octanol–water partition coefficient (Wildman–Crippen LogP) is 10.4. The molecular weight excluding hydrogens is 574 g/mol. The predicted molar refractivity (Wildman–Crippen MR) is 194 cm³/mol. The Kier molecular flexibility index (Phi) is 31.9. The number of carbonyl (C=O) groups is 3. The van der Waals surface area contributed by atoms with Crippen molar-refractivity contribution in [3.8, 4) is 0 Å². The maximum absolute atomic E-state index is 12.6. The maximum Gasteiger partial charge on any atom is 0.322 e. The van der Waals surface area contributed by atoms with Crippen LogP contribution in [-0.4, -0.2) is 35.6 Å². The SMILES string of the molecule is CC/C=C\C/C=C\C/C=C\C/C=C\CCCCC(=O)OC(/C=C\C/C=C\C/C=C\CC)CCCCCCCCC(=O)NCC(=O)O. The molecule has 0 bridgehead atoms. The Balaban J connectivity index is 4.33. The van der Waals surface area contributed by atoms with Gasteiger partial charge in [0.25, 0.3) is 0 Å². The Morgan fingerprint density at radius 1 is 0.587 bits per heavy atom. The van der Waals surface area contributed by atoms with Crippen LogP contribution < -0.4 is 5.32 Å². The van der Waals surface area contributed by atoms with Crippen molar-refractivity contribution in [2.45, 2.75) is 142 Å². The fraction of sp³-hybridized carbons (Fsp3) is 0.575. The lowest BCUT2D eigenvalue weighted by molar-refractivity contribution is -0.147. The van der Waals surface area contributed by atoms with Gasteiger partial charge in [-0.05, 0) is 89.5 Å². The highest BCUT2D eigenvalue weighted by atomic mass is 16.5. The van der Waals surface area contributed by atoms with Crippen molar-refractivity contribution >= 4 is 17.8 Å². The van der Waals surface area contributed by atoms with E-state index in [4.69, 9.17) is 9.84 Å². The first-order chi connectivity index (χ1) is 22.5. The van der Waals surface area contributed by atoms with Gasteiger partial charge in [0, 0.05) is 12.8 Å². The monoisotopic (exact) mass is 637 g/mol. The van der Waals surface area contributed by atoms with E-state index in [9.17, 15) is 14.4 Å². The average molecular weight is 638 g/mol. The maximum atomic E-state index is 12.6. The molecule has 0 aromatic rings. The summed E-state index contributed by atoms with van der Waals surface area (Å²) in [5.74, 6) is -1.36. The Labute approximate surface area is 280 Å². The van der Waals surface area contributed by atoms with E-state index in [-0.39, 0.29) is 24.5 Å². The first-order valence-electron chi connectivity index (χ1n) is 17.7. The van der Waals surface area contributed by atoms with Gasteiger partial charge in [0.15, 0.2) is 0 Å². The molecule has 0 heterocycles. The summed E-state index contributed by atoms with van der Waals surface area (Å²) in [5.41, 5.74) is 0. The number of hydrogen-bond acceptors (Lipinski definition) is 4. The molecule has 1 amide bonds. The van der Waals surface area contributed by atoms with Crippen LogP contribution in [0.25, 0.3) is 0 Å². The molecule has 0 saturated heterocycles. The van der Waals surface area contributed by atoms with Gasteiger partial charge in [-0.15, -0.1) is 0 Å². The minimum absolute atomic E-state index is 0.124. The molecule has 0 aliphatic heterocycles. The van der Waals surface area contributed by atoms with Gasteiger partial charge < -0.3 is 15.2 Å². The molecule has 6 heteroatoms. The molecule has 0 rings (SSSR count). The zero-order valence-corrected chi connectivity index (χ0v) is 28.9. The second-order valence-electron chi connectivity index (χ2n) is 11.4. The minimum Gasteiger partial charge on any atom is -0.480 e. The van der Waals surface area contributed by atoms with E-state index < -0.39 is 5.97 Å². The number of allylic oxidation sites excluding steroid dienone is 13.